The average Bonchev–Trinajstić information content (AvgIpc) is 2.73. The lowest BCUT2D eigenvalue weighted by Crippen LogP contribution is -2.56. The maximum absolute atomic E-state index is 13.2. The first-order valence-corrected chi connectivity index (χ1v) is 10.5. The van der Waals surface area contributed by atoms with Crippen molar-refractivity contribution in [2.45, 2.75) is 33.9 Å². The number of fused-ring (bicyclic) bond motifs is 1. The van der Waals surface area contributed by atoms with Crippen LogP contribution in [-0.2, 0) is 17.9 Å². The van der Waals surface area contributed by atoms with E-state index >= 15 is 0 Å². The number of hydrogen-bond donors (Lipinski definition) is 2. The number of nitrogens with one attached hydrogen (secondary N) is 1. The predicted molar refractivity (Wildman–Crippen MR) is 123 cm³/mol. The highest BCUT2D eigenvalue weighted by molar-refractivity contribution is 5.99. The van der Waals surface area contributed by atoms with Gasteiger partial charge in [0.15, 0.2) is 0 Å². The third-order valence-electron chi connectivity index (χ3n) is 5.72. The van der Waals surface area contributed by atoms with E-state index in [4.69, 9.17) is 5.73 Å². The van der Waals surface area contributed by atoms with Crippen molar-refractivity contribution in [1.82, 2.24) is 19.8 Å². The molecule has 0 saturated carbocycles. The van der Waals surface area contributed by atoms with E-state index in [2.05, 4.69) is 24.1 Å². The lowest BCUT2D eigenvalue weighted by atomic mass is 9.84. The molecule has 1 aliphatic rings. The normalized spacial score (nSPS) is 14.8. The van der Waals surface area contributed by atoms with Crippen LogP contribution in [0.3, 0.4) is 0 Å². The van der Waals surface area contributed by atoms with Gasteiger partial charge in [-0.05, 0) is 30.0 Å². The summed E-state index contributed by atoms with van der Waals surface area (Å²) in [6.07, 6.45) is 1.49. The van der Waals surface area contributed by atoms with Crippen molar-refractivity contribution < 1.29 is 9.59 Å². The number of carbonyl (C=O) groups excluding carboxylic acids is 2. The molecule has 0 aliphatic carbocycles. The second kappa shape index (κ2) is 8.11. The molecule has 166 valence electrons. The number of nitrogen functional groups attached to an aromatic ring is 1. The maximum Gasteiger partial charge on any atom is 0.265 e. The fourth-order valence-electron chi connectivity index (χ4n) is 3.98. The van der Waals surface area contributed by atoms with Crippen LogP contribution in [0.15, 0.2) is 47.4 Å². The molecular formula is C24H27N5O3. The molecule has 0 spiro atoms. The minimum absolute atomic E-state index is 0.0685. The molecule has 8 nitrogen and oxygen atoms in total. The Morgan fingerprint density at radius 1 is 1.16 bits per heavy atom. The van der Waals surface area contributed by atoms with Crippen LogP contribution in [0.4, 0.5) is 5.69 Å². The molecular weight excluding hydrogens is 406 g/mol. The number of rotatable bonds is 5. The zero-order valence-corrected chi connectivity index (χ0v) is 18.5. The largest absolute Gasteiger partial charge is 0.398 e. The van der Waals surface area contributed by atoms with Crippen molar-refractivity contribution >= 4 is 28.5 Å². The number of nitrogens with zero attached hydrogens (tertiary/aromatic N) is 3. The number of nitrogens with two attached hydrogens (primary N) is 1. The zero-order valence-electron chi connectivity index (χ0n) is 18.5. The Hall–Kier alpha value is -3.68. The molecule has 0 radical (unpaired) electrons. The molecule has 1 fully saturated rings. The summed E-state index contributed by atoms with van der Waals surface area (Å²) >= 11 is 0. The Morgan fingerprint density at radius 2 is 1.84 bits per heavy atom. The molecule has 3 aromatic rings. The Bertz CT molecular complexity index is 1250. The molecule has 3 heterocycles. The summed E-state index contributed by atoms with van der Waals surface area (Å²) in [5.74, 6) is -0.707. The number of anilines is 1. The monoisotopic (exact) mass is 433 g/mol. The number of benzene rings is 1. The Balaban J connectivity index is 1.65. The van der Waals surface area contributed by atoms with Crippen LogP contribution in [0.5, 0.6) is 0 Å². The third-order valence-corrected chi connectivity index (χ3v) is 5.72. The van der Waals surface area contributed by atoms with Gasteiger partial charge in [0.25, 0.3) is 11.5 Å². The average molecular weight is 434 g/mol. The van der Waals surface area contributed by atoms with Crippen LogP contribution < -0.4 is 16.6 Å². The molecule has 8 heteroatoms. The van der Waals surface area contributed by atoms with Gasteiger partial charge in [-0.3, -0.25) is 19.0 Å². The highest BCUT2D eigenvalue weighted by Crippen LogP contribution is 2.29. The van der Waals surface area contributed by atoms with Crippen LogP contribution in [0.2, 0.25) is 0 Å². The topological polar surface area (TPSA) is 110 Å². The van der Waals surface area contributed by atoms with Crippen molar-refractivity contribution in [2.75, 3.05) is 18.8 Å². The van der Waals surface area contributed by atoms with Crippen molar-refractivity contribution in [1.29, 1.82) is 0 Å². The molecule has 0 unspecified atom stereocenters. The molecule has 3 N–H and O–H groups in total. The van der Waals surface area contributed by atoms with Crippen molar-refractivity contribution in [3.63, 3.8) is 0 Å². The number of carbonyl (C=O) groups is 2. The van der Waals surface area contributed by atoms with Crippen LogP contribution in [0.25, 0.3) is 11.0 Å². The second-order valence-electron chi connectivity index (χ2n) is 9.17. The number of pyridine rings is 2. The van der Waals surface area contributed by atoms with Gasteiger partial charge in [0.2, 0.25) is 5.91 Å². The van der Waals surface area contributed by atoms with Gasteiger partial charge >= 0.3 is 0 Å². The van der Waals surface area contributed by atoms with E-state index in [0.717, 1.165) is 11.1 Å². The minimum atomic E-state index is -0.565. The summed E-state index contributed by atoms with van der Waals surface area (Å²) in [4.78, 5) is 44.9. The van der Waals surface area contributed by atoms with E-state index in [1.807, 2.05) is 31.2 Å². The van der Waals surface area contributed by atoms with Gasteiger partial charge in [-0.15, -0.1) is 0 Å². The van der Waals surface area contributed by atoms with Crippen LogP contribution in [0, 0.1) is 12.3 Å². The van der Waals surface area contributed by atoms with Gasteiger partial charge in [0.1, 0.15) is 17.8 Å². The molecule has 1 aliphatic heterocycles. The summed E-state index contributed by atoms with van der Waals surface area (Å²) in [6.45, 7) is 7.50. The highest BCUT2D eigenvalue weighted by atomic mass is 16.2. The first-order chi connectivity index (χ1) is 15.1. The molecule has 4 rings (SSSR count). The van der Waals surface area contributed by atoms with E-state index in [-0.39, 0.29) is 30.0 Å². The summed E-state index contributed by atoms with van der Waals surface area (Å²) < 4.78 is 1.25. The summed E-state index contributed by atoms with van der Waals surface area (Å²) in [7, 11) is 0. The fourth-order valence-corrected chi connectivity index (χ4v) is 3.98. The lowest BCUT2D eigenvalue weighted by molar-refractivity contribution is -0.142. The van der Waals surface area contributed by atoms with Crippen molar-refractivity contribution in [3.8, 4) is 0 Å². The Morgan fingerprint density at radius 3 is 2.50 bits per heavy atom. The number of aryl methyl sites for hydroxylation is 1. The Labute approximate surface area is 186 Å². The van der Waals surface area contributed by atoms with Gasteiger partial charge in [0, 0.05) is 36.9 Å². The standard InChI is InChI=1S/C24H27N5O3/c1-15-4-6-16(7-5-15)11-27-22(31)18-10-17-19(25)8-9-26-21(17)29(23(18)32)12-20(30)28-13-24(2,3)14-28/h4-10H,11-14H2,1-3H3,(H2,25,26)(H,27,31). The van der Waals surface area contributed by atoms with Crippen LogP contribution in [-0.4, -0.2) is 39.4 Å². The molecule has 0 bridgehead atoms. The summed E-state index contributed by atoms with van der Waals surface area (Å²) in [5, 5.41) is 3.25. The molecule has 0 atom stereocenters. The molecule has 2 amide bonds. The molecule has 2 aromatic heterocycles. The molecule has 32 heavy (non-hydrogen) atoms. The number of amides is 2. The smallest absolute Gasteiger partial charge is 0.265 e. The molecule has 1 aromatic carbocycles. The van der Waals surface area contributed by atoms with Crippen LogP contribution in [0.1, 0.15) is 35.3 Å². The van der Waals surface area contributed by atoms with E-state index in [1.54, 1.807) is 11.0 Å². The Kier molecular flexibility index (Phi) is 5.46. The van der Waals surface area contributed by atoms with Gasteiger partial charge in [-0.1, -0.05) is 43.7 Å². The number of likely N-dealkylation sites (tertiary alicyclic amines) is 1. The SMILES string of the molecule is Cc1ccc(CNC(=O)c2cc3c(N)ccnc3n(CC(=O)N3CC(C)(C)C3)c2=O)cc1. The highest BCUT2D eigenvalue weighted by Gasteiger charge is 2.37. The molecule has 1 saturated heterocycles. The summed E-state index contributed by atoms with van der Waals surface area (Å²) in [6, 6.07) is 10.8. The minimum Gasteiger partial charge on any atom is -0.398 e. The quantitative estimate of drug-likeness (QED) is 0.640. The van der Waals surface area contributed by atoms with Gasteiger partial charge in [0.05, 0.1) is 0 Å². The van der Waals surface area contributed by atoms with Crippen molar-refractivity contribution in [3.05, 3.63) is 69.6 Å². The van der Waals surface area contributed by atoms with E-state index in [0.29, 0.717) is 29.8 Å². The van der Waals surface area contributed by atoms with Gasteiger partial charge < -0.3 is 16.0 Å². The van der Waals surface area contributed by atoms with E-state index in [9.17, 15) is 14.4 Å². The third kappa shape index (κ3) is 4.21. The zero-order chi connectivity index (χ0) is 23.0. The van der Waals surface area contributed by atoms with Crippen LogP contribution >= 0.6 is 0 Å². The lowest BCUT2D eigenvalue weighted by Gasteiger charge is -2.45. The van der Waals surface area contributed by atoms with E-state index < -0.39 is 11.5 Å². The summed E-state index contributed by atoms with van der Waals surface area (Å²) in [5.41, 5.74) is 8.26. The van der Waals surface area contributed by atoms with Crippen molar-refractivity contribution in [2.24, 2.45) is 5.41 Å². The van der Waals surface area contributed by atoms with Gasteiger partial charge in [-0.25, -0.2) is 4.98 Å². The maximum atomic E-state index is 13.2. The van der Waals surface area contributed by atoms with Gasteiger partial charge in [-0.2, -0.15) is 0 Å². The predicted octanol–water partition coefficient (Wildman–Crippen LogP) is 2.09. The first kappa shape index (κ1) is 21.5. The first-order valence-electron chi connectivity index (χ1n) is 10.5. The number of aromatic nitrogens is 2. The number of hydrogen-bond acceptors (Lipinski definition) is 5. The van der Waals surface area contributed by atoms with E-state index in [1.165, 1.54) is 16.8 Å². The second-order valence-corrected chi connectivity index (χ2v) is 9.17. The fraction of sp³-hybridized carbons (Fsp3) is 0.333.